The van der Waals surface area contributed by atoms with Crippen LogP contribution in [0.4, 0.5) is 9.59 Å². The summed E-state index contributed by atoms with van der Waals surface area (Å²) in [6.45, 7) is 7.63. The van der Waals surface area contributed by atoms with Gasteiger partial charge in [0.15, 0.2) is 0 Å². The molecule has 7 heteroatoms. The Balaban J connectivity index is 1.68. The molecular formula is C20H26N2O5. The average molecular weight is 374 g/mol. The molecule has 3 amide bonds. The van der Waals surface area contributed by atoms with Crippen LogP contribution in [0, 0.1) is 5.92 Å². The molecule has 2 fully saturated rings. The predicted molar refractivity (Wildman–Crippen MR) is 97.8 cm³/mol. The minimum Gasteiger partial charge on any atom is -0.445 e. The zero-order valence-corrected chi connectivity index (χ0v) is 16.2. The number of amides is 3. The van der Waals surface area contributed by atoms with Crippen LogP contribution in [-0.4, -0.2) is 52.1 Å². The molecule has 3 rings (SSSR count). The van der Waals surface area contributed by atoms with E-state index in [-0.39, 0.29) is 24.6 Å². The Morgan fingerprint density at radius 2 is 1.81 bits per heavy atom. The highest BCUT2D eigenvalue weighted by atomic mass is 16.6. The van der Waals surface area contributed by atoms with E-state index < -0.39 is 23.7 Å². The predicted octanol–water partition coefficient (Wildman–Crippen LogP) is 3.18. The molecule has 1 aromatic carbocycles. The SMILES string of the molecule is C[C@@H]1C(=O)N(C(=O)OC(C)(C)C)[C@H]2CCN(C(=O)OCc3ccccc3)[C@H]12. The molecule has 0 bridgehead atoms. The van der Waals surface area contributed by atoms with E-state index in [4.69, 9.17) is 9.47 Å². The number of nitrogens with zero attached hydrogens (tertiary/aromatic N) is 2. The Morgan fingerprint density at radius 3 is 2.44 bits per heavy atom. The normalized spacial score (nSPS) is 24.7. The van der Waals surface area contributed by atoms with Crippen LogP contribution < -0.4 is 0 Å². The number of carbonyl (C=O) groups is 3. The lowest BCUT2D eigenvalue weighted by atomic mass is 10.0. The zero-order chi connectivity index (χ0) is 19.8. The van der Waals surface area contributed by atoms with Gasteiger partial charge in [0.25, 0.3) is 0 Å². The molecule has 7 nitrogen and oxygen atoms in total. The van der Waals surface area contributed by atoms with Crippen molar-refractivity contribution in [3.8, 4) is 0 Å². The summed E-state index contributed by atoms with van der Waals surface area (Å²) in [6.07, 6.45) is -0.580. The lowest BCUT2D eigenvalue weighted by Crippen LogP contribution is -2.44. The van der Waals surface area contributed by atoms with E-state index in [1.54, 1.807) is 32.6 Å². The smallest absolute Gasteiger partial charge is 0.417 e. The van der Waals surface area contributed by atoms with Crippen LogP contribution in [0.3, 0.4) is 0 Å². The van der Waals surface area contributed by atoms with E-state index in [1.165, 1.54) is 4.90 Å². The Kier molecular flexibility index (Phi) is 5.13. The van der Waals surface area contributed by atoms with Crippen LogP contribution in [0.25, 0.3) is 0 Å². The minimum atomic E-state index is -0.689. The van der Waals surface area contributed by atoms with E-state index in [9.17, 15) is 14.4 Å². The molecular weight excluding hydrogens is 348 g/mol. The van der Waals surface area contributed by atoms with E-state index in [2.05, 4.69) is 0 Å². The number of imide groups is 1. The lowest BCUT2D eigenvalue weighted by molar-refractivity contribution is -0.131. The lowest BCUT2D eigenvalue weighted by Gasteiger charge is -2.27. The molecule has 146 valence electrons. The topological polar surface area (TPSA) is 76.2 Å². The van der Waals surface area contributed by atoms with Gasteiger partial charge in [-0.05, 0) is 32.8 Å². The number of fused-ring (bicyclic) bond motifs is 1. The molecule has 2 aliphatic rings. The van der Waals surface area contributed by atoms with Gasteiger partial charge in [-0.1, -0.05) is 37.3 Å². The quantitative estimate of drug-likeness (QED) is 0.795. The van der Waals surface area contributed by atoms with Crippen LogP contribution in [0.15, 0.2) is 30.3 Å². The highest BCUT2D eigenvalue weighted by Crippen LogP contribution is 2.37. The summed E-state index contributed by atoms with van der Waals surface area (Å²) in [5.74, 6) is -0.783. The molecule has 2 aliphatic heterocycles. The van der Waals surface area contributed by atoms with Crippen molar-refractivity contribution in [3.05, 3.63) is 35.9 Å². The number of likely N-dealkylation sites (tertiary alicyclic amines) is 2. The van der Waals surface area contributed by atoms with Gasteiger partial charge in [-0.25, -0.2) is 14.5 Å². The number of benzene rings is 1. The molecule has 0 radical (unpaired) electrons. The molecule has 0 saturated carbocycles. The van der Waals surface area contributed by atoms with Gasteiger partial charge in [-0.2, -0.15) is 0 Å². The standard InChI is InChI=1S/C20H26N2O5/c1-13-16-15(22(17(13)23)19(25)27-20(2,3)4)10-11-21(16)18(24)26-12-14-8-6-5-7-9-14/h5-9,13,15-16H,10-12H2,1-4H3/t13-,15-,16+/m0/s1. The molecule has 3 atom stereocenters. The van der Waals surface area contributed by atoms with Gasteiger partial charge in [0.05, 0.1) is 18.0 Å². The van der Waals surface area contributed by atoms with E-state index >= 15 is 0 Å². The minimum absolute atomic E-state index is 0.172. The first kappa shape index (κ1) is 19.2. The number of hydrogen-bond donors (Lipinski definition) is 0. The van der Waals surface area contributed by atoms with Gasteiger partial charge in [0.1, 0.15) is 12.2 Å². The highest BCUT2D eigenvalue weighted by molar-refractivity contribution is 5.97. The Bertz CT molecular complexity index is 728. The highest BCUT2D eigenvalue weighted by Gasteiger charge is 2.56. The summed E-state index contributed by atoms with van der Waals surface area (Å²) < 4.78 is 10.8. The number of hydrogen-bond acceptors (Lipinski definition) is 5. The first-order valence-corrected chi connectivity index (χ1v) is 9.22. The maximum atomic E-state index is 12.6. The van der Waals surface area contributed by atoms with Gasteiger partial charge in [-0.15, -0.1) is 0 Å². The molecule has 0 spiro atoms. The summed E-state index contributed by atoms with van der Waals surface area (Å²) in [5.41, 5.74) is 0.207. The first-order valence-electron chi connectivity index (χ1n) is 9.22. The summed E-state index contributed by atoms with van der Waals surface area (Å²) in [7, 11) is 0. The number of ether oxygens (including phenoxy) is 2. The Morgan fingerprint density at radius 1 is 1.15 bits per heavy atom. The third-order valence-electron chi connectivity index (χ3n) is 4.92. The first-order chi connectivity index (χ1) is 12.7. The third-order valence-corrected chi connectivity index (χ3v) is 4.92. The maximum Gasteiger partial charge on any atom is 0.417 e. The third kappa shape index (κ3) is 3.91. The molecule has 2 heterocycles. The van der Waals surface area contributed by atoms with Crippen LogP contribution >= 0.6 is 0 Å². The fourth-order valence-electron chi connectivity index (χ4n) is 3.76. The van der Waals surface area contributed by atoms with Crippen molar-refractivity contribution >= 4 is 18.1 Å². The van der Waals surface area contributed by atoms with Crippen LogP contribution in [-0.2, 0) is 20.9 Å². The monoisotopic (exact) mass is 374 g/mol. The summed E-state index contributed by atoms with van der Waals surface area (Å²) in [5, 5.41) is 0. The average Bonchev–Trinajstić information content (AvgIpc) is 3.12. The molecule has 0 unspecified atom stereocenters. The maximum absolute atomic E-state index is 12.6. The van der Waals surface area contributed by atoms with Crippen molar-refractivity contribution in [3.63, 3.8) is 0 Å². The number of rotatable bonds is 2. The second-order valence-corrected chi connectivity index (χ2v) is 8.06. The molecule has 27 heavy (non-hydrogen) atoms. The van der Waals surface area contributed by atoms with Crippen LogP contribution in [0.2, 0.25) is 0 Å². The van der Waals surface area contributed by atoms with Crippen molar-refractivity contribution in [2.75, 3.05) is 6.54 Å². The Labute approximate surface area is 159 Å². The van der Waals surface area contributed by atoms with Gasteiger partial charge in [0.2, 0.25) is 5.91 Å². The van der Waals surface area contributed by atoms with Crippen molar-refractivity contribution in [2.24, 2.45) is 5.92 Å². The van der Waals surface area contributed by atoms with Gasteiger partial charge >= 0.3 is 12.2 Å². The molecule has 2 saturated heterocycles. The Hall–Kier alpha value is -2.57. The second kappa shape index (κ2) is 7.21. The summed E-state index contributed by atoms with van der Waals surface area (Å²) >= 11 is 0. The zero-order valence-electron chi connectivity index (χ0n) is 16.2. The molecule has 0 aromatic heterocycles. The number of carbonyl (C=O) groups excluding carboxylic acids is 3. The van der Waals surface area contributed by atoms with Gasteiger partial charge in [0, 0.05) is 6.54 Å². The fourth-order valence-corrected chi connectivity index (χ4v) is 3.76. The van der Waals surface area contributed by atoms with Gasteiger partial charge in [-0.3, -0.25) is 4.79 Å². The van der Waals surface area contributed by atoms with E-state index in [0.29, 0.717) is 13.0 Å². The summed E-state index contributed by atoms with van der Waals surface area (Å²) in [4.78, 5) is 40.5. The van der Waals surface area contributed by atoms with E-state index in [1.807, 2.05) is 30.3 Å². The fraction of sp³-hybridized carbons (Fsp3) is 0.550. The second-order valence-electron chi connectivity index (χ2n) is 8.06. The van der Waals surface area contributed by atoms with Gasteiger partial charge < -0.3 is 14.4 Å². The van der Waals surface area contributed by atoms with Crippen molar-refractivity contribution < 1.29 is 23.9 Å². The van der Waals surface area contributed by atoms with Crippen molar-refractivity contribution in [1.29, 1.82) is 0 Å². The molecule has 0 N–H and O–H groups in total. The summed E-state index contributed by atoms with van der Waals surface area (Å²) in [6, 6.07) is 8.67. The van der Waals surface area contributed by atoms with Crippen molar-refractivity contribution in [2.45, 2.75) is 58.4 Å². The van der Waals surface area contributed by atoms with E-state index in [0.717, 1.165) is 5.56 Å². The van der Waals surface area contributed by atoms with Crippen LogP contribution in [0.5, 0.6) is 0 Å². The largest absolute Gasteiger partial charge is 0.445 e. The molecule has 0 aliphatic carbocycles. The van der Waals surface area contributed by atoms with Crippen molar-refractivity contribution in [1.82, 2.24) is 9.80 Å². The molecule has 1 aromatic rings. The van der Waals surface area contributed by atoms with Crippen LogP contribution in [0.1, 0.15) is 39.7 Å².